The highest BCUT2D eigenvalue weighted by molar-refractivity contribution is 6.06. The first-order valence-electron chi connectivity index (χ1n) is 16.7. The van der Waals surface area contributed by atoms with Crippen molar-refractivity contribution in [3.8, 4) is 11.5 Å². The maximum Gasteiger partial charge on any atom is 0.329 e. The second-order valence-corrected chi connectivity index (χ2v) is 12.8. The zero-order valence-corrected chi connectivity index (χ0v) is 27.8. The van der Waals surface area contributed by atoms with Crippen LogP contribution in [0.25, 0.3) is 22.7 Å². The number of fused-ring (bicyclic) bond motifs is 1. The number of carbonyl (C=O) groups is 3. The number of aliphatic hydroxyl groups is 1. The lowest BCUT2D eigenvalue weighted by atomic mass is 10.2. The van der Waals surface area contributed by atoms with E-state index in [9.17, 15) is 19.5 Å². The van der Waals surface area contributed by atoms with Gasteiger partial charge in [0, 0.05) is 88.5 Å². The Bertz CT molecular complexity index is 2110. The lowest BCUT2D eigenvalue weighted by Gasteiger charge is -2.33. The summed E-state index contributed by atoms with van der Waals surface area (Å²) in [5.74, 6) is 0.539. The number of β-amino-alcohol motifs (C(OH)–C–C–N with tert-alkyl or cyclic N) is 1. The van der Waals surface area contributed by atoms with Crippen molar-refractivity contribution in [1.82, 2.24) is 35.1 Å². The Hall–Kier alpha value is -5.94. The third kappa shape index (κ3) is 6.80. The Morgan fingerprint density at radius 3 is 2.63 bits per heavy atom. The summed E-state index contributed by atoms with van der Waals surface area (Å²) in [7, 11) is 0. The molecule has 5 aromatic rings. The number of aromatic nitrogens is 5. The van der Waals surface area contributed by atoms with Gasteiger partial charge in [0.2, 0.25) is 17.4 Å². The van der Waals surface area contributed by atoms with Gasteiger partial charge in [-0.25, -0.2) is 19.7 Å². The summed E-state index contributed by atoms with van der Waals surface area (Å²) < 4.78 is 11.8. The van der Waals surface area contributed by atoms with E-state index < -0.39 is 18.0 Å². The van der Waals surface area contributed by atoms with Crippen LogP contribution < -0.4 is 25.3 Å². The molecule has 8 heterocycles. The molecule has 0 spiro atoms. The van der Waals surface area contributed by atoms with Crippen LogP contribution in [-0.4, -0.2) is 105 Å². The number of pyridine rings is 3. The Balaban J connectivity index is 0.949. The van der Waals surface area contributed by atoms with E-state index >= 15 is 0 Å². The minimum absolute atomic E-state index is 0.0990. The predicted octanol–water partition coefficient (Wildman–Crippen LogP) is 2.57. The number of nitrogens with one attached hydrogen (secondary N) is 2. The number of amides is 4. The van der Waals surface area contributed by atoms with Crippen LogP contribution in [0.5, 0.6) is 0 Å². The highest BCUT2D eigenvalue weighted by Gasteiger charge is 2.29. The van der Waals surface area contributed by atoms with E-state index in [1.165, 1.54) is 11.2 Å². The van der Waals surface area contributed by atoms with E-state index in [-0.39, 0.29) is 18.0 Å². The maximum absolute atomic E-state index is 13.4. The van der Waals surface area contributed by atoms with E-state index in [2.05, 4.69) is 35.4 Å². The third-order valence-electron chi connectivity index (χ3n) is 9.13. The number of nitrogens with zero attached hydrogens (tertiary/aromatic N) is 9. The van der Waals surface area contributed by atoms with Crippen LogP contribution >= 0.6 is 0 Å². The van der Waals surface area contributed by atoms with Gasteiger partial charge >= 0.3 is 6.03 Å². The van der Waals surface area contributed by atoms with Gasteiger partial charge in [-0.05, 0) is 37.1 Å². The standard InChI is InChI=1S/C34H35N11O6/c1-20-14-22(4-7-35-20)32-38-25(19-50-32)31(48)37-24-15-26-29(40-30(24)44-8-5-23(46)18-44)41-34(51-26)43-12-10-42(11-13-43)17-21-2-3-27(36-16-21)45-9-6-28(47)39-33(45)49/h2-4,7,14-16,19,23,46H,5-6,8-13,17-18H2,1H3,(H,37,48)(H,39,47,49)/t23-/m1/s1. The molecule has 4 amide bonds. The lowest BCUT2D eigenvalue weighted by molar-refractivity contribution is -0.120. The van der Waals surface area contributed by atoms with Crippen molar-refractivity contribution in [2.75, 3.05) is 65.8 Å². The minimum Gasteiger partial charge on any atom is -0.444 e. The van der Waals surface area contributed by atoms with E-state index in [4.69, 9.17) is 18.8 Å². The molecule has 8 rings (SSSR count). The average Bonchev–Trinajstić information content (AvgIpc) is 3.89. The van der Waals surface area contributed by atoms with Crippen molar-refractivity contribution < 1.29 is 28.3 Å². The second-order valence-electron chi connectivity index (χ2n) is 12.8. The number of carbonyl (C=O) groups excluding carboxylic acids is 3. The summed E-state index contributed by atoms with van der Waals surface area (Å²) in [4.78, 5) is 67.3. The number of oxazole rings is 2. The molecule has 3 N–H and O–H groups in total. The van der Waals surface area contributed by atoms with Gasteiger partial charge in [0.05, 0.1) is 11.8 Å². The molecule has 0 bridgehead atoms. The normalized spacial score (nSPS) is 18.5. The Morgan fingerprint density at radius 2 is 1.88 bits per heavy atom. The van der Waals surface area contributed by atoms with Crippen molar-refractivity contribution in [3.05, 3.63) is 65.9 Å². The zero-order valence-electron chi connectivity index (χ0n) is 27.8. The Kier molecular flexibility index (Phi) is 8.48. The summed E-state index contributed by atoms with van der Waals surface area (Å²) in [5.41, 5.74) is 3.84. The van der Waals surface area contributed by atoms with Crippen molar-refractivity contribution >= 4 is 52.4 Å². The third-order valence-corrected chi connectivity index (χ3v) is 9.13. The molecule has 0 unspecified atom stereocenters. The van der Waals surface area contributed by atoms with Crippen LogP contribution in [0, 0.1) is 6.92 Å². The number of urea groups is 1. The number of imide groups is 1. The van der Waals surface area contributed by atoms with Gasteiger partial charge in [0.25, 0.3) is 11.9 Å². The molecule has 5 aromatic heterocycles. The van der Waals surface area contributed by atoms with Gasteiger partial charge in [-0.1, -0.05) is 6.07 Å². The fourth-order valence-electron chi connectivity index (χ4n) is 6.43. The molecule has 262 valence electrons. The molecule has 17 heteroatoms. The van der Waals surface area contributed by atoms with Crippen LogP contribution in [0.1, 0.15) is 34.6 Å². The first-order valence-corrected chi connectivity index (χ1v) is 16.7. The maximum atomic E-state index is 13.4. The highest BCUT2D eigenvalue weighted by Crippen LogP contribution is 2.33. The largest absolute Gasteiger partial charge is 0.444 e. The summed E-state index contributed by atoms with van der Waals surface area (Å²) >= 11 is 0. The van der Waals surface area contributed by atoms with Crippen LogP contribution in [0.2, 0.25) is 0 Å². The number of anilines is 4. The van der Waals surface area contributed by atoms with E-state index in [1.54, 1.807) is 30.6 Å². The molecule has 17 nitrogen and oxygen atoms in total. The van der Waals surface area contributed by atoms with Crippen LogP contribution in [0.3, 0.4) is 0 Å². The van der Waals surface area contributed by atoms with Crippen LogP contribution in [0.4, 0.5) is 28.1 Å². The van der Waals surface area contributed by atoms with Gasteiger partial charge in [-0.3, -0.25) is 29.7 Å². The van der Waals surface area contributed by atoms with Crippen LogP contribution in [0.15, 0.2) is 57.8 Å². The fraction of sp³-hybridized carbons (Fsp3) is 0.353. The first kappa shape index (κ1) is 32.3. The molecule has 51 heavy (non-hydrogen) atoms. The van der Waals surface area contributed by atoms with Crippen molar-refractivity contribution in [2.24, 2.45) is 0 Å². The van der Waals surface area contributed by atoms with Crippen molar-refractivity contribution in [3.63, 3.8) is 0 Å². The predicted molar refractivity (Wildman–Crippen MR) is 184 cm³/mol. The van der Waals surface area contributed by atoms with Crippen LogP contribution in [-0.2, 0) is 11.3 Å². The van der Waals surface area contributed by atoms with Gasteiger partial charge in [0.1, 0.15) is 12.1 Å². The van der Waals surface area contributed by atoms with E-state index in [0.717, 1.165) is 24.3 Å². The quantitative estimate of drug-likeness (QED) is 0.214. The number of piperazine rings is 1. The molecular weight excluding hydrogens is 658 g/mol. The summed E-state index contributed by atoms with van der Waals surface area (Å²) in [6.45, 7) is 6.63. The number of hydrogen-bond donors (Lipinski definition) is 3. The van der Waals surface area contributed by atoms with Crippen molar-refractivity contribution in [1.29, 1.82) is 0 Å². The Labute approximate surface area is 291 Å². The molecule has 3 aliphatic rings. The summed E-state index contributed by atoms with van der Waals surface area (Å²) in [6.07, 6.45) is 5.04. The Morgan fingerprint density at radius 1 is 1.02 bits per heavy atom. The smallest absolute Gasteiger partial charge is 0.329 e. The van der Waals surface area contributed by atoms with Gasteiger partial charge < -0.3 is 29.1 Å². The molecule has 0 saturated carbocycles. The monoisotopic (exact) mass is 693 g/mol. The molecule has 3 fully saturated rings. The highest BCUT2D eigenvalue weighted by atomic mass is 16.4. The zero-order chi connectivity index (χ0) is 35.1. The van der Waals surface area contributed by atoms with E-state index in [1.807, 2.05) is 24.0 Å². The van der Waals surface area contributed by atoms with Gasteiger partial charge in [-0.15, -0.1) is 0 Å². The molecule has 3 saturated heterocycles. The average molecular weight is 694 g/mol. The van der Waals surface area contributed by atoms with Gasteiger partial charge in [0.15, 0.2) is 17.1 Å². The van der Waals surface area contributed by atoms with Crippen molar-refractivity contribution in [2.45, 2.75) is 32.4 Å². The minimum atomic E-state index is -0.506. The molecule has 1 atom stereocenters. The number of rotatable bonds is 8. The van der Waals surface area contributed by atoms with E-state index in [0.29, 0.717) is 91.7 Å². The number of aryl methyl sites for hydroxylation is 1. The SMILES string of the molecule is Cc1cc(-c2nc(C(=O)Nc3cc4oc(N5CCN(Cc6ccc(N7CCC(=O)NC7=O)nc6)CC5)nc4nc3N3CC[C@@H](O)C3)co2)ccn1. The molecule has 0 radical (unpaired) electrons. The second kappa shape index (κ2) is 13.4. The lowest BCUT2D eigenvalue weighted by Crippen LogP contribution is -2.49. The molecule has 0 aromatic carbocycles. The topological polar surface area (TPSA) is 199 Å². The fourth-order valence-corrected chi connectivity index (χ4v) is 6.43. The number of aliphatic hydroxyl groups excluding tert-OH is 1. The molecule has 0 aliphatic carbocycles. The van der Waals surface area contributed by atoms with Gasteiger partial charge in [-0.2, -0.15) is 4.98 Å². The number of hydrogen-bond acceptors (Lipinski definition) is 14. The summed E-state index contributed by atoms with van der Waals surface area (Å²) in [5, 5.41) is 15.5. The molecule has 3 aliphatic heterocycles. The molecular formula is C34H35N11O6. The first-order chi connectivity index (χ1) is 24.8. The summed E-state index contributed by atoms with van der Waals surface area (Å²) in [6, 6.07) is 9.02.